The standard InChI is InChI=1S/C15H18N2O2/c1-4-19-11-6-5-10(2)12(9-11)14-8-7-13(16)15(17-14)18-3/h5-9H,4,16H2,1-3H3. The van der Waals surface area contributed by atoms with E-state index in [9.17, 15) is 0 Å². The van der Waals surface area contributed by atoms with Gasteiger partial charge in [0.1, 0.15) is 5.75 Å². The number of methoxy groups -OCH3 is 1. The van der Waals surface area contributed by atoms with Gasteiger partial charge in [0, 0.05) is 5.56 Å². The number of aryl methyl sites for hydroxylation is 1. The summed E-state index contributed by atoms with van der Waals surface area (Å²) in [4.78, 5) is 4.42. The summed E-state index contributed by atoms with van der Waals surface area (Å²) < 4.78 is 10.7. The van der Waals surface area contributed by atoms with E-state index < -0.39 is 0 Å². The number of hydrogen-bond donors (Lipinski definition) is 1. The summed E-state index contributed by atoms with van der Waals surface area (Å²) in [6, 6.07) is 9.64. The molecule has 2 N–H and O–H groups in total. The van der Waals surface area contributed by atoms with Crippen LogP contribution in [0.2, 0.25) is 0 Å². The normalized spacial score (nSPS) is 10.3. The van der Waals surface area contributed by atoms with Crippen molar-refractivity contribution in [3.63, 3.8) is 0 Å². The number of rotatable bonds is 4. The first-order chi connectivity index (χ1) is 9.15. The summed E-state index contributed by atoms with van der Waals surface area (Å²) in [7, 11) is 1.56. The van der Waals surface area contributed by atoms with Crippen LogP contribution < -0.4 is 15.2 Å². The van der Waals surface area contributed by atoms with Crippen LogP contribution in [0.5, 0.6) is 11.6 Å². The van der Waals surface area contributed by atoms with Gasteiger partial charge in [0.15, 0.2) is 0 Å². The first-order valence-corrected chi connectivity index (χ1v) is 6.20. The van der Waals surface area contributed by atoms with Gasteiger partial charge in [0.25, 0.3) is 0 Å². The Bertz CT molecular complexity index is 582. The Morgan fingerprint density at radius 2 is 2.00 bits per heavy atom. The predicted molar refractivity (Wildman–Crippen MR) is 76.5 cm³/mol. The Hall–Kier alpha value is -2.23. The minimum absolute atomic E-state index is 0.443. The third-order valence-electron chi connectivity index (χ3n) is 2.88. The third-order valence-corrected chi connectivity index (χ3v) is 2.88. The molecule has 0 radical (unpaired) electrons. The smallest absolute Gasteiger partial charge is 0.237 e. The average Bonchev–Trinajstić information content (AvgIpc) is 2.42. The third kappa shape index (κ3) is 2.78. The lowest BCUT2D eigenvalue weighted by atomic mass is 10.0. The van der Waals surface area contributed by atoms with Gasteiger partial charge < -0.3 is 15.2 Å². The van der Waals surface area contributed by atoms with Crippen molar-refractivity contribution in [2.24, 2.45) is 0 Å². The number of aromatic nitrogens is 1. The SMILES string of the molecule is CCOc1ccc(C)c(-c2ccc(N)c(OC)n2)c1. The van der Waals surface area contributed by atoms with E-state index in [0.29, 0.717) is 18.2 Å². The molecule has 0 spiro atoms. The van der Waals surface area contributed by atoms with Gasteiger partial charge in [0.2, 0.25) is 5.88 Å². The van der Waals surface area contributed by atoms with E-state index in [-0.39, 0.29) is 0 Å². The summed E-state index contributed by atoms with van der Waals surface area (Å²) in [6.45, 7) is 4.64. The van der Waals surface area contributed by atoms with Gasteiger partial charge in [-0.25, -0.2) is 4.98 Å². The molecule has 0 aliphatic rings. The van der Waals surface area contributed by atoms with Crippen LogP contribution in [0.25, 0.3) is 11.3 Å². The molecular weight excluding hydrogens is 240 g/mol. The fourth-order valence-corrected chi connectivity index (χ4v) is 1.90. The summed E-state index contributed by atoms with van der Waals surface area (Å²) in [5.41, 5.74) is 9.28. The largest absolute Gasteiger partial charge is 0.494 e. The van der Waals surface area contributed by atoms with Crippen LogP contribution in [0.3, 0.4) is 0 Å². The van der Waals surface area contributed by atoms with E-state index in [2.05, 4.69) is 4.98 Å². The van der Waals surface area contributed by atoms with Gasteiger partial charge in [-0.1, -0.05) is 6.07 Å². The maximum atomic E-state index is 5.78. The number of anilines is 1. The van der Waals surface area contributed by atoms with Crippen LogP contribution >= 0.6 is 0 Å². The molecule has 4 nitrogen and oxygen atoms in total. The minimum Gasteiger partial charge on any atom is -0.494 e. The molecule has 2 rings (SSSR count). The first kappa shape index (κ1) is 13.2. The highest BCUT2D eigenvalue weighted by Gasteiger charge is 2.09. The zero-order chi connectivity index (χ0) is 13.8. The van der Waals surface area contributed by atoms with Crippen molar-refractivity contribution in [2.75, 3.05) is 19.5 Å². The van der Waals surface area contributed by atoms with Crippen LogP contribution in [-0.4, -0.2) is 18.7 Å². The molecule has 0 amide bonds. The quantitative estimate of drug-likeness (QED) is 0.915. The highest BCUT2D eigenvalue weighted by atomic mass is 16.5. The Kier molecular flexibility index (Phi) is 3.90. The first-order valence-electron chi connectivity index (χ1n) is 6.20. The molecule has 0 unspecified atom stereocenters. The van der Waals surface area contributed by atoms with Crippen molar-refractivity contribution in [1.82, 2.24) is 4.98 Å². The summed E-state index contributed by atoms with van der Waals surface area (Å²) in [5.74, 6) is 1.28. The molecule has 0 fully saturated rings. The summed E-state index contributed by atoms with van der Waals surface area (Å²) in [6.07, 6.45) is 0. The molecule has 0 aliphatic carbocycles. The highest BCUT2D eigenvalue weighted by Crippen LogP contribution is 2.29. The summed E-state index contributed by atoms with van der Waals surface area (Å²) >= 11 is 0. The lowest BCUT2D eigenvalue weighted by molar-refractivity contribution is 0.340. The second-order valence-corrected chi connectivity index (χ2v) is 4.20. The van der Waals surface area contributed by atoms with Crippen LogP contribution in [0.1, 0.15) is 12.5 Å². The number of benzene rings is 1. The second-order valence-electron chi connectivity index (χ2n) is 4.20. The summed E-state index contributed by atoms with van der Waals surface area (Å²) in [5, 5.41) is 0. The predicted octanol–water partition coefficient (Wildman–Crippen LogP) is 3.05. The highest BCUT2D eigenvalue weighted by molar-refractivity contribution is 5.68. The molecular formula is C15H18N2O2. The monoisotopic (exact) mass is 258 g/mol. The molecule has 0 atom stereocenters. The van der Waals surface area contributed by atoms with Crippen molar-refractivity contribution < 1.29 is 9.47 Å². The Labute approximate surface area is 113 Å². The van der Waals surface area contributed by atoms with Gasteiger partial charge in [-0.05, 0) is 43.7 Å². The van der Waals surface area contributed by atoms with Crippen LogP contribution in [0, 0.1) is 6.92 Å². The van der Waals surface area contributed by atoms with Crippen molar-refractivity contribution in [3.8, 4) is 22.9 Å². The van der Waals surface area contributed by atoms with Gasteiger partial charge >= 0.3 is 0 Å². The molecule has 19 heavy (non-hydrogen) atoms. The van der Waals surface area contributed by atoms with Crippen LogP contribution in [-0.2, 0) is 0 Å². The van der Waals surface area contributed by atoms with E-state index in [1.54, 1.807) is 13.2 Å². The van der Waals surface area contributed by atoms with Crippen LogP contribution in [0.4, 0.5) is 5.69 Å². The topological polar surface area (TPSA) is 57.4 Å². The molecule has 0 saturated carbocycles. The Morgan fingerprint density at radius 1 is 1.21 bits per heavy atom. The number of pyridine rings is 1. The van der Waals surface area contributed by atoms with Crippen molar-refractivity contribution in [3.05, 3.63) is 35.9 Å². The molecule has 1 aromatic carbocycles. The zero-order valence-electron chi connectivity index (χ0n) is 11.4. The molecule has 4 heteroatoms. The molecule has 2 aromatic rings. The van der Waals surface area contributed by atoms with E-state index in [1.807, 2.05) is 38.1 Å². The lowest BCUT2D eigenvalue weighted by Gasteiger charge is -2.11. The molecule has 1 aromatic heterocycles. The number of nitrogen functional groups attached to an aromatic ring is 1. The lowest BCUT2D eigenvalue weighted by Crippen LogP contribution is -1.98. The Morgan fingerprint density at radius 3 is 2.68 bits per heavy atom. The second kappa shape index (κ2) is 5.61. The van der Waals surface area contributed by atoms with Gasteiger partial charge in [0.05, 0.1) is 25.1 Å². The minimum atomic E-state index is 0.443. The molecule has 0 bridgehead atoms. The van der Waals surface area contributed by atoms with E-state index >= 15 is 0 Å². The molecule has 1 heterocycles. The van der Waals surface area contributed by atoms with E-state index in [1.165, 1.54) is 0 Å². The van der Waals surface area contributed by atoms with Crippen LogP contribution in [0.15, 0.2) is 30.3 Å². The van der Waals surface area contributed by atoms with Crippen molar-refractivity contribution in [1.29, 1.82) is 0 Å². The number of ether oxygens (including phenoxy) is 2. The van der Waals surface area contributed by atoms with E-state index in [0.717, 1.165) is 22.6 Å². The number of hydrogen-bond acceptors (Lipinski definition) is 4. The maximum absolute atomic E-state index is 5.78. The average molecular weight is 258 g/mol. The fourth-order valence-electron chi connectivity index (χ4n) is 1.90. The van der Waals surface area contributed by atoms with E-state index in [4.69, 9.17) is 15.2 Å². The number of nitrogens with zero attached hydrogens (tertiary/aromatic N) is 1. The van der Waals surface area contributed by atoms with Gasteiger partial charge in [-0.15, -0.1) is 0 Å². The molecule has 100 valence electrons. The number of nitrogens with two attached hydrogens (primary N) is 1. The van der Waals surface area contributed by atoms with Crippen molar-refractivity contribution in [2.45, 2.75) is 13.8 Å². The zero-order valence-corrected chi connectivity index (χ0v) is 11.4. The van der Waals surface area contributed by atoms with Gasteiger partial charge in [-0.2, -0.15) is 0 Å². The van der Waals surface area contributed by atoms with Gasteiger partial charge in [-0.3, -0.25) is 0 Å². The Balaban J connectivity index is 2.48. The fraction of sp³-hybridized carbons (Fsp3) is 0.267. The van der Waals surface area contributed by atoms with Crippen molar-refractivity contribution >= 4 is 5.69 Å². The molecule has 0 aliphatic heterocycles. The maximum Gasteiger partial charge on any atom is 0.237 e. The molecule has 0 saturated heterocycles.